The zero-order valence-corrected chi connectivity index (χ0v) is 11.5. The predicted molar refractivity (Wildman–Crippen MR) is 74.8 cm³/mol. The minimum atomic E-state index is 0.512. The lowest BCUT2D eigenvalue weighted by atomic mass is 9.98. The van der Waals surface area contributed by atoms with E-state index in [4.69, 9.17) is 4.74 Å². The van der Waals surface area contributed by atoms with Crippen LogP contribution in [-0.4, -0.2) is 6.61 Å². The normalized spacial score (nSPS) is 11.4. The molecule has 0 aromatic heterocycles. The lowest BCUT2D eigenvalue weighted by Crippen LogP contribution is -1.99. The van der Waals surface area contributed by atoms with E-state index in [9.17, 15) is 0 Å². The molecule has 0 bridgehead atoms. The van der Waals surface area contributed by atoms with Crippen molar-refractivity contribution < 1.29 is 4.74 Å². The maximum Gasteiger partial charge on any atom is 0.122 e. The Kier molecular flexibility index (Phi) is 5.82. The Morgan fingerprint density at radius 3 is 2.65 bits per heavy atom. The molecule has 0 aliphatic heterocycles. The van der Waals surface area contributed by atoms with Crippen molar-refractivity contribution in [3.63, 3.8) is 0 Å². The van der Waals surface area contributed by atoms with Gasteiger partial charge in [0.15, 0.2) is 0 Å². The van der Waals surface area contributed by atoms with Crippen LogP contribution in [0.4, 0.5) is 0 Å². The fourth-order valence-corrected chi connectivity index (χ4v) is 1.91. The summed E-state index contributed by atoms with van der Waals surface area (Å²) in [6, 6.07) is 6.59. The number of hydrogen-bond donors (Lipinski definition) is 0. The SMILES string of the molecule is C/C=C\CCc1ccc(OCC)c(C(C)C)c1. The quantitative estimate of drug-likeness (QED) is 0.645. The first-order chi connectivity index (χ1) is 8.19. The summed E-state index contributed by atoms with van der Waals surface area (Å²) >= 11 is 0. The van der Waals surface area contributed by atoms with E-state index in [-0.39, 0.29) is 0 Å². The molecule has 0 aliphatic carbocycles. The van der Waals surface area contributed by atoms with Gasteiger partial charge in [-0.25, -0.2) is 0 Å². The summed E-state index contributed by atoms with van der Waals surface area (Å²) in [4.78, 5) is 0. The summed E-state index contributed by atoms with van der Waals surface area (Å²) in [6.45, 7) is 9.26. The van der Waals surface area contributed by atoms with Crippen LogP contribution >= 0.6 is 0 Å². The highest BCUT2D eigenvalue weighted by Gasteiger charge is 2.08. The molecule has 1 heteroatoms. The third-order valence-electron chi connectivity index (χ3n) is 2.83. The molecule has 0 atom stereocenters. The first kappa shape index (κ1) is 13.8. The highest BCUT2D eigenvalue weighted by molar-refractivity contribution is 5.39. The molecular formula is C16H24O. The maximum atomic E-state index is 5.66. The van der Waals surface area contributed by atoms with Gasteiger partial charge in [-0.05, 0) is 49.8 Å². The van der Waals surface area contributed by atoms with Gasteiger partial charge in [-0.2, -0.15) is 0 Å². The van der Waals surface area contributed by atoms with Crippen molar-refractivity contribution in [1.29, 1.82) is 0 Å². The van der Waals surface area contributed by atoms with Gasteiger partial charge in [-0.3, -0.25) is 0 Å². The molecule has 1 aromatic carbocycles. The molecule has 0 N–H and O–H groups in total. The Morgan fingerprint density at radius 1 is 1.29 bits per heavy atom. The lowest BCUT2D eigenvalue weighted by molar-refractivity contribution is 0.335. The predicted octanol–water partition coefficient (Wildman–Crippen LogP) is 4.72. The van der Waals surface area contributed by atoms with Crippen molar-refractivity contribution in [2.75, 3.05) is 6.61 Å². The third-order valence-corrected chi connectivity index (χ3v) is 2.83. The molecule has 0 aliphatic rings. The molecule has 0 saturated heterocycles. The summed E-state index contributed by atoms with van der Waals surface area (Å²) < 4.78 is 5.66. The molecular weight excluding hydrogens is 208 g/mol. The summed E-state index contributed by atoms with van der Waals surface area (Å²) in [7, 11) is 0. The van der Waals surface area contributed by atoms with Crippen molar-refractivity contribution in [2.24, 2.45) is 0 Å². The van der Waals surface area contributed by atoms with Crippen LogP contribution in [0.15, 0.2) is 30.4 Å². The second-order valence-electron chi connectivity index (χ2n) is 4.57. The monoisotopic (exact) mass is 232 g/mol. The molecule has 94 valence electrons. The Labute approximate surface area is 106 Å². The molecule has 0 radical (unpaired) electrons. The first-order valence-electron chi connectivity index (χ1n) is 6.55. The zero-order chi connectivity index (χ0) is 12.7. The summed E-state index contributed by atoms with van der Waals surface area (Å²) in [5.74, 6) is 1.55. The van der Waals surface area contributed by atoms with Crippen LogP contribution in [-0.2, 0) is 6.42 Å². The van der Waals surface area contributed by atoms with Crippen LogP contribution in [0.3, 0.4) is 0 Å². The van der Waals surface area contributed by atoms with Gasteiger partial charge < -0.3 is 4.74 Å². The third kappa shape index (κ3) is 4.26. The van der Waals surface area contributed by atoms with E-state index < -0.39 is 0 Å². The van der Waals surface area contributed by atoms with E-state index in [2.05, 4.69) is 51.1 Å². The van der Waals surface area contributed by atoms with Crippen LogP contribution in [0.5, 0.6) is 5.75 Å². The zero-order valence-electron chi connectivity index (χ0n) is 11.5. The molecule has 0 fully saturated rings. The van der Waals surface area contributed by atoms with Gasteiger partial charge in [-0.1, -0.05) is 38.1 Å². The van der Waals surface area contributed by atoms with Crippen molar-refractivity contribution >= 4 is 0 Å². The Bertz CT molecular complexity index is 364. The maximum absolute atomic E-state index is 5.66. The van der Waals surface area contributed by atoms with E-state index in [1.165, 1.54) is 11.1 Å². The van der Waals surface area contributed by atoms with Crippen LogP contribution in [0, 0.1) is 0 Å². The molecule has 0 amide bonds. The molecule has 1 rings (SSSR count). The number of hydrogen-bond acceptors (Lipinski definition) is 1. The number of benzene rings is 1. The summed E-state index contributed by atoms with van der Waals surface area (Å²) in [5.41, 5.74) is 2.72. The minimum Gasteiger partial charge on any atom is -0.494 e. The molecule has 17 heavy (non-hydrogen) atoms. The van der Waals surface area contributed by atoms with Crippen molar-refractivity contribution in [3.05, 3.63) is 41.5 Å². The number of aryl methyl sites for hydroxylation is 1. The van der Waals surface area contributed by atoms with E-state index in [0.29, 0.717) is 5.92 Å². The highest BCUT2D eigenvalue weighted by atomic mass is 16.5. The second-order valence-corrected chi connectivity index (χ2v) is 4.57. The van der Waals surface area contributed by atoms with E-state index in [1.54, 1.807) is 0 Å². The van der Waals surface area contributed by atoms with Gasteiger partial charge >= 0.3 is 0 Å². The van der Waals surface area contributed by atoms with Gasteiger partial charge in [0.25, 0.3) is 0 Å². The Morgan fingerprint density at radius 2 is 2.06 bits per heavy atom. The van der Waals surface area contributed by atoms with Crippen LogP contribution in [0.25, 0.3) is 0 Å². The Hall–Kier alpha value is -1.24. The molecule has 0 heterocycles. The first-order valence-corrected chi connectivity index (χ1v) is 6.55. The van der Waals surface area contributed by atoms with E-state index in [0.717, 1.165) is 25.2 Å². The summed E-state index contributed by atoms with van der Waals surface area (Å²) in [5, 5.41) is 0. The van der Waals surface area contributed by atoms with Crippen molar-refractivity contribution in [3.8, 4) is 5.75 Å². The fraction of sp³-hybridized carbons (Fsp3) is 0.500. The Balaban J connectivity index is 2.85. The van der Waals surface area contributed by atoms with Gasteiger partial charge in [0.2, 0.25) is 0 Å². The van der Waals surface area contributed by atoms with Crippen molar-refractivity contribution in [1.82, 2.24) is 0 Å². The standard InChI is InChI=1S/C16H24O/c1-5-7-8-9-14-10-11-16(17-6-2)15(12-14)13(3)4/h5,7,10-13H,6,8-9H2,1-4H3/b7-5-. The van der Waals surface area contributed by atoms with Crippen LogP contribution in [0.2, 0.25) is 0 Å². The number of ether oxygens (including phenoxy) is 1. The highest BCUT2D eigenvalue weighted by Crippen LogP contribution is 2.28. The van der Waals surface area contributed by atoms with Crippen molar-refractivity contribution in [2.45, 2.75) is 46.5 Å². The second kappa shape index (κ2) is 7.16. The van der Waals surface area contributed by atoms with Crippen LogP contribution in [0.1, 0.15) is 51.2 Å². The number of rotatable bonds is 6. The average molecular weight is 232 g/mol. The molecule has 0 saturated carbocycles. The average Bonchev–Trinajstić information content (AvgIpc) is 2.31. The molecule has 0 unspecified atom stereocenters. The van der Waals surface area contributed by atoms with E-state index in [1.807, 2.05) is 6.92 Å². The van der Waals surface area contributed by atoms with Gasteiger partial charge in [-0.15, -0.1) is 0 Å². The van der Waals surface area contributed by atoms with Crippen LogP contribution < -0.4 is 4.74 Å². The van der Waals surface area contributed by atoms with Gasteiger partial charge in [0.05, 0.1) is 6.61 Å². The molecule has 1 aromatic rings. The number of allylic oxidation sites excluding steroid dienone is 2. The van der Waals surface area contributed by atoms with E-state index >= 15 is 0 Å². The lowest BCUT2D eigenvalue weighted by Gasteiger charge is -2.14. The topological polar surface area (TPSA) is 9.23 Å². The summed E-state index contributed by atoms with van der Waals surface area (Å²) in [6.07, 6.45) is 6.54. The van der Waals surface area contributed by atoms with Gasteiger partial charge in [0, 0.05) is 0 Å². The largest absolute Gasteiger partial charge is 0.494 e. The fourth-order valence-electron chi connectivity index (χ4n) is 1.91. The smallest absolute Gasteiger partial charge is 0.122 e. The minimum absolute atomic E-state index is 0.512. The van der Waals surface area contributed by atoms with Gasteiger partial charge in [0.1, 0.15) is 5.75 Å². The molecule has 0 spiro atoms. The molecule has 1 nitrogen and oxygen atoms in total.